The van der Waals surface area contributed by atoms with E-state index in [1.807, 2.05) is 0 Å². The molecule has 6 heteroatoms. The molecule has 2 unspecified atom stereocenters. The molecule has 0 aromatic heterocycles. The van der Waals surface area contributed by atoms with Crippen molar-refractivity contribution < 1.29 is 28.9 Å². The lowest BCUT2D eigenvalue weighted by Crippen LogP contribution is -2.59. The molecule has 1 N–H and O–H groups in total. The Balaban J connectivity index is 2.25. The fraction of sp³-hybridized carbons (Fsp3) is 0.714. The predicted molar refractivity (Wildman–Crippen MR) is 68.6 cm³/mol. The zero-order chi connectivity index (χ0) is 14.8. The van der Waals surface area contributed by atoms with Gasteiger partial charge in [-0.05, 0) is 19.8 Å². The Morgan fingerprint density at radius 1 is 1.45 bits per heavy atom. The van der Waals surface area contributed by atoms with E-state index in [1.165, 1.54) is 6.92 Å². The van der Waals surface area contributed by atoms with Crippen molar-refractivity contribution in [2.24, 2.45) is 0 Å². The molecule has 1 heterocycles. The maximum atomic E-state index is 12.0. The van der Waals surface area contributed by atoms with Crippen LogP contribution in [-0.2, 0) is 23.8 Å². The Kier molecular flexibility index (Phi) is 4.15. The van der Waals surface area contributed by atoms with Crippen LogP contribution in [0.4, 0.5) is 0 Å². The lowest BCUT2D eigenvalue weighted by atomic mass is 9.94. The van der Waals surface area contributed by atoms with Crippen LogP contribution < -0.4 is 0 Å². The molecular formula is C14H20O6. The minimum atomic E-state index is -2.10. The maximum absolute atomic E-state index is 12.0. The zero-order valence-electron chi connectivity index (χ0n) is 11.6. The highest BCUT2D eigenvalue weighted by atomic mass is 16.8. The van der Waals surface area contributed by atoms with Crippen LogP contribution in [0.15, 0.2) is 12.7 Å². The van der Waals surface area contributed by atoms with Crippen LogP contribution in [-0.4, -0.2) is 41.1 Å². The average Bonchev–Trinajstić information content (AvgIpc) is 2.64. The molecule has 1 aliphatic carbocycles. The van der Waals surface area contributed by atoms with Crippen LogP contribution in [0.5, 0.6) is 0 Å². The summed E-state index contributed by atoms with van der Waals surface area (Å²) < 4.78 is 15.6. The molecular weight excluding hydrogens is 264 g/mol. The molecule has 0 radical (unpaired) electrons. The largest absolute Gasteiger partial charge is 0.457 e. The van der Waals surface area contributed by atoms with Gasteiger partial charge in [-0.15, -0.1) is 0 Å². The number of cyclic esters (lactones) is 1. The van der Waals surface area contributed by atoms with Gasteiger partial charge in [0.15, 0.2) is 5.60 Å². The van der Waals surface area contributed by atoms with Crippen molar-refractivity contribution in [2.45, 2.75) is 56.5 Å². The molecule has 0 aromatic rings. The van der Waals surface area contributed by atoms with Gasteiger partial charge in [-0.3, -0.25) is 0 Å². The van der Waals surface area contributed by atoms with Crippen LogP contribution in [0.2, 0.25) is 0 Å². The van der Waals surface area contributed by atoms with Crippen molar-refractivity contribution in [3.63, 3.8) is 0 Å². The first-order valence-electron chi connectivity index (χ1n) is 6.84. The van der Waals surface area contributed by atoms with E-state index in [4.69, 9.17) is 14.2 Å². The van der Waals surface area contributed by atoms with Crippen molar-refractivity contribution in [1.82, 2.24) is 0 Å². The third kappa shape index (κ3) is 2.58. The Bertz CT molecular complexity index is 410. The molecule has 0 aromatic carbocycles. The van der Waals surface area contributed by atoms with Crippen LogP contribution in [0.25, 0.3) is 0 Å². The number of aliphatic hydroxyl groups is 1. The Labute approximate surface area is 117 Å². The highest BCUT2D eigenvalue weighted by molar-refractivity contribution is 5.88. The number of ether oxygens (including phenoxy) is 3. The van der Waals surface area contributed by atoms with E-state index < -0.39 is 23.3 Å². The number of carbonyl (C=O) groups excluding carboxylic acids is 2. The summed E-state index contributed by atoms with van der Waals surface area (Å²) in [4.78, 5) is 23.5. The predicted octanol–water partition coefficient (Wildman–Crippen LogP) is 1.07. The second kappa shape index (κ2) is 5.54. The summed E-state index contributed by atoms with van der Waals surface area (Å²) in [5.74, 6) is -3.80. The van der Waals surface area contributed by atoms with Crippen LogP contribution in [0, 0.1) is 0 Å². The summed E-state index contributed by atoms with van der Waals surface area (Å²) in [6.45, 7) is 4.37. The van der Waals surface area contributed by atoms with Gasteiger partial charge < -0.3 is 19.3 Å². The van der Waals surface area contributed by atoms with E-state index in [9.17, 15) is 14.7 Å². The van der Waals surface area contributed by atoms with Gasteiger partial charge in [-0.25, -0.2) is 9.59 Å². The molecule has 1 aliphatic heterocycles. The second-order valence-corrected chi connectivity index (χ2v) is 5.47. The summed E-state index contributed by atoms with van der Waals surface area (Å²) in [5, 5.41) is 10.4. The highest BCUT2D eigenvalue weighted by Gasteiger charge is 2.66. The topological polar surface area (TPSA) is 82.1 Å². The van der Waals surface area contributed by atoms with Crippen molar-refractivity contribution >= 4 is 11.9 Å². The highest BCUT2D eigenvalue weighted by Crippen LogP contribution is 2.39. The lowest BCUT2D eigenvalue weighted by Gasteiger charge is -2.37. The van der Waals surface area contributed by atoms with E-state index >= 15 is 0 Å². The summed E-state index contributed by atoms with van der Waals surface area (Å²) >= 11 is 0. The van der Waals surface area contributed by atoms with Gasteiger partial charge in [0.1, 0.15) is 6.61 Å². The van der Waals surface area contributed by atoms with Crippen LogP contribution in [0.1, 0.15) is 39.0 Å². The fourth-order valence-corrected chi connectivity index (χ4v) is 2.57. The molecule has 1 saturated carbocycles. The molecule has 2 rings (SSSR count). The first-order chi connectivity index (χ1) is 9.41. The van der Waals surface area contributed by atoms with Gasteiger partial charge in [0.05, 0.1) is 6.10 Å². The number of esters is 2. The monoisotopic (exact) mass is 284 g/mol. The molecule has 112 valence electrons. The van der Waals surface area contributed by atoms with Gasteiger partial charge in [-0.1, -0.05) is 25.8 Å². The molecule has 0 bridgehead atoms. The van der Waals surface area contributed by atoms with Crippen molar-refractivity contribution in [2.75, 3.05) is 6.61 Å². The number of hydrogen-bond donors (Lipinski definition) is 1. The molecule has 1 saturated heterocycles. The Morgan fingerprint density at radius 3 is 2.60 bits per heavy atom. The zero-order valence-corrected chi connectivity index (χ0v) is 11.6. The van der Waals surface area contributed by atoms with Gasteiger partial charge in [0.2, 0.25) is 0 Å². The molecule has 2 atom stereocenters. The van der Waals surface area contributed by atoms with E-state index in [1.54, 1.807) is 0 Å². The number of hydrogen-bond acceptors (Lipinski definition) is 6. The SMILES string of the molecule is C=CC(=O)OC1(OC2CCCCC2)C(=O)OCC1(C)O. The third-order valence-electron chi connectivity index (χ3n) is 3.76. The number of carbonyl (C=O) groups is 2. The fourth-order valence-electron chi connectivity index (χ4n) is 2.57. The first-order valence-corrected chi connectivity index (χ1v) is 6.84. The van der Waals surface area contributed by atoms with Crippen LogP contribution >= 0.6 is 0 Å². The quantitative estimate of drug-likeness (QED) is 0.472. The molecule has 0 spiro atoms. The molecule has 6 nitrogen and oxygen atoms in total. The van der Waals surface area contributed by atoms with Gasteiger partial charge >= 0.3 is 17.7 Å². The van der Waals surface area contributed by atoms with E-state index in [2.05, 4.69) is 6.58 Å². The van der Waals surface area contributed by atoms with Gasteiger partial charge in [0, 0.05) is 6.08 Å². The van der Waals surface area contributed by atoms with Crippen molar-refractivity contribution in [3.8, 4) is 0 Å². The molecule has 0 amide bonds. The number of rotatable bonds is 4. The molecule has 20 heavy (non-hydrogen) atoms. The molecule has 2 fully saturated rings. The summed E-state index contributed by atoms with van der Waals surface area (Å²) in [5.41, 5.74) is -1.72. The minimum Gasteiger partial charge on any atom is -0.457 e. The summed E-state index contributed by atoms with van der Waals surface area (Å²) in [6, 6.07) is 0. The van der Waals surface area contributed by atoms with E-state index in [-0.39, 0.29) is 12.7 Å². The summed E-state index contributed by atoms with van der Waals surface area (Å²) in [6.07, 6.45) is 5.28. The standard InChI is InChI=1S/C14H20O6/c1-3-11(15)20-14(12(16)18-9-13(14,2)17)19-10-7-5-4-6-8-10/h3,10,17H,1,4-9H2,2H3. The van der Waals surface area contributed by atoms with Gasteiger partial charge in [0.25, 0.3) is 0 Å². The van der Waals surface area contributed by atoms with Crippen molar-refractivity contribution in [3.05, 3.63) is 12.7 Å². The maximum Gasteiger partial charge on any atom is 0.383 e. The van der Waals surface area contributed by atoms with E-state index in [0.717, 1.165) is 38.2 Å². The smallest absolute Gasteiger partial charge is 0.383 e. The molecule has 2 aliphatic rings. The average molecular weight is 284 g/mol. The van der Waals surface area contributed by atoms with Crippen molar-refractivity contribution in [1.29, 1.82) is 0 Å². The lowest BCUT2D eigenvalue weighted by molar-refractivity contribution is -0.287. The minimum absolute atomic E-state index is 0.238. The van der Waals surface area contributed by atoms with Gasteiger partial charge in [-0.2, -0.15) is 0 Å². The Morgan fingerprint density at radius 2 is 2.10 bits per heavy atom. The van der Waals surface area contributed by atoms with E-state index in [0.29, 0.717) is 0 Å². The van der Waals surface area contributed by atoms with Crippen LogP contribution in [0.3, 0.4) is 0 Å². The third-order valence-corrected chi connectivity index (χ3v) is 3.76. The second-order valence-electron chi connectivity index (χ2n) is 5.47. The first kappa shape index (κ1) is 15.0. The normalized spacial score (nSPS) is 34.6. The Hall–Kier alpha value is -1.40. The summed E-state index contributed by atoms with van der Waals surface area (Å²) in [7, 11) is 0.